The molecule has 1 aromatic rings. The van der Waals surface area contributed by atoms with E-state index in [-0.39, 0.29) is 11.9 Å². The van der Waals surface area contributed by atoms with Crippen LogP contribution in [-0.4, -0.2) is 21.2 Å². The minimum Gasteiger partial charge on any atom is -0.361 e. The van der Waals surface area contributed by atoms with E-state index < -0.39 is 11.2 Å². The molecular formula is C8H14N4O2. The Morgan fingerprint density at radius 2 is 1.93 bits per heavy atom. The molecule has 78 valence electrons. The zero-order valence-electron chi connectivity index (χ0n) is 8.42. The molecule has 0 aliphatic carbocycles. The van der Waals surface area contributed by atoms with Crippen molar-refractivity contribution in [3.8, 4) is 0 Å². The van der Waals surface area contributed by atoms with E-state index in [2.05, 4.69) is 20.5 Å². The fourth-order valence-corrected chi connectivity index (χ4v) is 0.828. The molecule has 14 heavy (non-hydrogen) atoms. The third-order valence-electron chi connectivity index (χ3n) is 2.08. The predicted octanol–water partition coefficient (Wildman–Crippen LogP) is -0.0854. The van der Waals surface area contributed by atoms with Gasteiger partial charge in [0.1, 0.15) is 0 Å². The smallest absolute Gasteiger partial charge is 0.342 e. The van der Waals surface area contributed by atoms with Crippen molar-refractivity contribution in [2.45, 2.75) is 26.8 Å². The zero-order chi connectivity index (χ0) is 10.7. The molecule has 0 saturated heterocycles. The Morgan fingerprint density at radius 1 is 1.29 bits per heavy atom. The molecule has 3 N–H and O–H groups in total. The number of aromatic nitrogens is 3. The Hall–Kier alpha value is -1.59. The summed E-state index contributed by atoms with van der Waals surface area (Å²) in [5.41, 5.74) is -1.10. The molecule has 6 nitrogen and oxygen atoms in total. The topological polar surface area (TPSA) is 90.6 Å². The second kappa shape index (κ2) is 4.08. The van der Waals surface area contributed by atoms with Crippen LogP contribution in [0, 0.1) is 5.92 Å². The highest BCUT2D eigenvalue weighted by Crippen LogP contribution is 2.04. The van der Waals surface area contributed by atoms with Crippen molar-refractivity contribution < 1.29 is 0 Å². The lowest BCUT2D eigenvalue weighted by atomic mass is 10.1. The molecule has 6 heteroatoms. The highest BCUT2D eigenvalue weighted by Gasteiger charge is 2.09. The van der Waals surface area contributed by atoms with E-state index in [9.17, 15) is 9.59 Å². The van der Waals surface area contributed by atoms with Crippen LogP contribution in [0.5, 0.6) is 0 Å². The van der Waals surface area contributed by atoms with E-state index in [1.165, 1.54) is 0 Å². The summed E-state index contributed by atoms with van der Waals surface area (Å²) in [6.07, 6.45) is 0. The molecular weight excluding hydrogens is 184 g/mol. The molecule has 1 heterocycles. The Labute approximate surface area is 80.8 Å². The van der Waals surface area contributed by atoms with Gasteiger partial charge in [0.25, 0.3) is 5.56 Å². The van der Waals surface area contributed by atoms with E-state index in [0.717, 1.165) is 0 Å². The Bertz CT molecular complexity index is 406. The van der Waals surface area contributed by atoms with Crippen molar-refractivity contribution >= 4 is 5.82 Å². The normalized spacial score (nSPS) is 12.9. The van der Waals surface area contributed by atoms with Crippen LogP contribution in [0.1, 0.15) is 20.8 Å². The van der Waals surface area contributed by atoms with Gasteiger partial charge < -0.3 is 5.32 Å². The molecule has 1 unspecified atom stereocenters. The van der Waals surface area contributed by atoms with E-state index in [4.69, 9.17) is 0 Å². The maximum absolute atomic E-state index is 11.2. The Balaban J connectivity index is 2.88. The van der Waals surface area contributed by atoms with Gasteiger partial charge in [-0.05, 0) is 12.8 Å². The average molecular weight is 198 g/mol. The summed E-state index contributed by atoms with van der Waals surface area (Å²) in [5, 5.41) is 8.68. The average Bonchev–Trinajstić information content (AvgIpc) is 2.09. The van der Waals surface area contributed by atoms with Crippen LogP contribution in [0.4, 0.5) is 5.82 Å². The number of nitrogens with one attached hydrogen (secondary N) is 3. The first-order valence-corrected chi connectivity index (χ1v) is 4.46. The van der Waals surface area contributed by atoms with Gasteiger partial charge in [-0.1, -0.05) is 13.8 Å². The fourth-order valence-electron chi connectivity index (χ4n) is 0.828. The quantitative estimate of drug-likeness (QED) is 0.633. The number of aromatic amines is 2. The first-order valence-electron chi connectivity index (χ1n) is 4.46. The minimum absolute atomic E-state index is 0.120. The van der Waals surface area contributed by atoms with Gasteiger partial charge in [-0.3, -0.25) is 9.78 Å². The lowest BCUT2D eigenvalue weighted by Gasteiger charge is -2.16. The molecule has 0 aromatic carbocycles. The van der Waals surface area contributed by atoms with Gasteiger partial charge in [-0.2, -0.15) is 0 Å². The highest BCUT2D eigenvalue weighted by atomic mass is 16.2. The first-order chi connectivity index (χ1) is 6.50. The third-order valence-corrected chi connectivity index (χ3v) is 2.08. The van der Waals surface area contributed by atoms with Crippen LogP contribution in [-0.2, 0) is 0 Å². The van der Waals surface area contributed by atoms with Gasteiger partial charge in [-0.15, -0.1) is 5.10 Å². The largest absolute Gasteiger partial charge is 0.361 e. The van der Waals surface area contributed by atoms with E-state index >= 15 is 0 Å². The summed E-state index contributed by atoms with van der Waals surface area (Å²) in [7, 11) is 0. The van der Waals surface area contributed by atoms with Crippen LogP contribution < -0.4 is 16.6 Å². The molecule has 0 bridgehead atoms. The van der Waals surface area contributed by atoms with Crippen molar-refractivity contribution in [3.63, 3.8) is 0 Å². The number of anilines is 1. The van der Waals surface area contributed by atoms with Gasteiger partial charge >= 0.3 is 5.69 Å². The molecule has 0 fully saturated rings. The maximum atomic E-state index is 11.2. The van der Waals surface area contributed by atoms with Crippen LogP contribution in [0.3, 0.4) is 0 Å². The van der Waals surface area contributed by atoms with E-state index in [0.29, 0.717) is 5.92 Å². The van der Waals surface area contributed by atoms with Gasteiger partial charge in [0, 0.05) is 6.04 Å². The van der Waals surface area contributed by atoms with Gasteiger partial charge in [0.15, 0.2) is 0 Å². The van der Waals surface area contributed by atoms with Gasteiger partial charge in [-0.25, -0.2) is 9.89 Å². The number of nitrogens with zero attached hydrogens (tertiary/aromatic N) is 1. The molecule has 0 amide bonds. The molecule has 1 atom stereocenters. The van der Waals surface area contributed by atoms with Crippen molar-refractivity contribution in [3.05, 3.63) is 20.8 Å². The van der Waals surface area contributed by atoms with Gasteiger partial charge in [0.2, 0.25) is 5.82 Å². The molecule has 0 radical (unpaired) electrons. The molecule has 1 rings (SSSR count). The number of hydrogen-bond acceptors (Lipinski definition) is 4. The molecule has 1 aromatic heterocycles. The number of H-pyrrole nitrogens is 2. The monoisotopic (exact) mass is 198 g/mol. The molecule has 0 saturated carbocycles. The fraction of sp³-hybridized carbons (Fsp3) is 0.625. The Morgan fingerprint density at radius 3 is 2.43 bits per heavy atom. The highest BCUT2D eigenvalue weighted by molar-refractivity contribution is 5.30. The summed E-state index contributed by atoms with van der Waals surface area (Å²) >= 11 is 0. The van der Waals surface area contributed by atoms with Crippen LogP contribution in [0.25, 0.3) is 0 Å². The maximum Gasteiger partial charge on any atom is 0.342 e. The van der Waals surface area contributed by atoms with Crippen molar-refractivity contribution in [2.24, 2.45) is 5.92 Å². The van der Waals surface area contributed by atoms with E-state index in [1.807, 2.05) is 20.8 Å². The molecule has 0 spiro atoms. The van der Waals surface area contributed by atoms with E-state index in [1.54, 1.807) is 0 Å². The lowest BCUT2D eigenvalue weighted by Crippen LogP contribution is -2.31. The third kappa shape index (κ3) is 2.45. The number of rotatable bonds is 3. The second-order valence-corrected chi connectivity index (χ2v) is 3.53. The summed E-state index contributed by atoms with van der Waals surface area (Å²) in [6, 6.07) is 0.120. The minimum atomic E-state index is -0.599. The summed E-state index contributed by atoms with van der Waals surface area (Å²) in [4.78, 5) is 23.9. The van der Waals surface area contributed by atoms with Gasteiger partial charge in [0.05, 0.1) is 0 Å². The number of hydrogen-bond donors (Lipinski definition) is 3. The van der Waals surface area contributed by atoms with Crippen LogP contribution in [0.2, 0.25) is 0 Å². The van der Waals surface area contributed by atoms with Crippen molar-refractivity contribution in [2.75, 3.05) is 5.32 Å². The van der Waals surface area contributed by atoms with Crippen LogP contribution >= 0.6 is 0 Å². The Kier molecular flexibility index (Phi) is 3.06. The molecule has 0 aliphatic rings. The molecule has 0 aliphatic heterocycles. The van der Waals surface area contributed by atoms with Crippen molar-refractivity contribution in [1.82, 2.24) is 15.2 Å². The van der Waals surface area contributed by atoms with Crippen LogP contribution in [0.15, 0.2) is 9.59 Å². The van der Waals surface area contributed by atoms with Crippen molar-refractivity contribution in [1.29, 1.82) is 0 Å². The summed E-state index contributed by atoms with van der Waals surface area (Å²) in [6.45, 7) is 5.99. The summed E-state index contributed by atoms with van der Waals surface area (Å²) in [5.74, 6) is 0.522. The predicted molar refractivity (Wildman–Crippen MR) is 53.4 cm³/mol. The zero-order valence-corrected chi connectivity index (χ0v) is 8.42. The standard InChI is InChI=1S/C8H14N4O2/c1-4(2)5(3)9-6-7(13)10-8(14)12-11-6/h4-5H,1-3H3,(H,9,11)(H2,10,12,13,14). The SMILES string of the molecule is CC(C)C(C)Nc1n[nH]c(=O)[nH]c1=O. The first kappa shape index (κ1) is 10.5. The summed E-state index contributed by atoms with van der Waals surface area (Å²) < 4.78 is 0. The second-order valence-electron chi connectivity index (χ2n) is 3.53. The lowest BCUT2D eigenvalue weighted by molar-refractivity contribution is 0.556.